The minimum atomic E-state index is -0.136. The first-order valence-corrected chi connectivity index (χ1v) is 8.24. The predicted molar refractivity (Wildman–Crippen MR) is 102 cm³/mol. The molecule has 0 fully saturated rings. The molecule has 3 aromatic carbocycles. The van der Waals surface area contributed by atoms with Crippen LogP contribution in [0.25, 0.3) is 11.0 Å². The van der Waals surface area contributed by atoms with Crippen LogP contribution in [0.3, 0.4) is 0 Å². The molecule has 0 atom stereocenters. The van der Waals surface area contributed by atoms with E-state index in [-0.39, 0.29) is 5.78 Å². The van der Waals surface area contributed by atoms with Crippen LogP contribution < -0.4 is 10.2 Å². The number of nitrogens with zero attached hydrogens (tertiary/aromatic N) is 2. The molecule has 1 aromatic heterocycles. The molecule has 26 heavy (non-hydrogen) atoms. The molecule has 5 nitrogen and oxygen atoms in total. The SMILES string of the molecule is COc1ccc(Nn2c(C(=O)c3ccccc3)nc3ccccc32)cc1. The fourth-order valence-corrected chi connectivity index (χ4v) is 2.80. The maximum absolute atomic E-state index is 13.0. The van der Waals surface area contributed by atoms with Crippen LogP contribution in [0.5, 0.6) is 5.75 Å². The van der Waals surface area contributed by atoms with Gasteiger partial charge in [-0.15, -0.1) is 0 Å². The molecular weight excluding hydrogens is 326 g/mol. The minimum Gasteiger partial charge on any atom is -0.497 e. The molecule has 4 aromatic rings. The van der Waals surface area contributed by atoms with Crippen LogP contribution in [0.15, 0.2) is 78.9 Å². The molecule has 5 heteroatoms. The summed E-state index contributed by atoms with van der Waals surface area (Å²) in [7, 11) is 1.63. The van der Waals surface area contributed by atoms with Gasteiger partial charge < -0.3 is 4.74 Å². The number of ether oxygens (including phenoxy) is 1. The van der Waals surface area contributed by atoms with Crippen molar-refractivity contribution in [3.63, 3.8) is 0 Å². The second kappa shape index (κ2) is 6.72. The van der Waals surface area contributed by atoms with Gasteiger partial charge in [0, 0.05) is 5.56 Å². The van der Waals surface area contributed by atoms with E-state index in [0.717, 1.165) is 22.5 Å². The number of anilines is 1. The van der Waals surface area contributed by atoms with E-state index in [1.165, 1.54) is 0 Å². The molecule has 0 aliphatic rings. The van der Waals surface area contributed by atoms with Crippen molar-refractivity contribution < 1.29 is 9.53 Å². The number of methoxy groups -OCH3 is 1. The van der Waals surface area contributed by atoms with E-state index in [2.05, 4.69) is 10.4 Å². The number of ketones is 1. The van der Waals surface area contributed by atoms with E-state index in [1.807, 2.05) is 66.7 Å². The van der Waals surface area contributed by atoms with Gasteiger partial charge in [0.1, 0.15) is 5.75 Å². The summed E-state index contributed by atoms with van der Waals surface area (Å²) < 4.78 is 6.92. The monoisotopic (exact) mass is 343 g/mol. The van der Waals surface area contributed by atoms with Gasteiger partial charge in [-0.1, -0.05) is 42.5 Å². The summed E-state index contributed by atoms with van der Waals surface area (Å²) in [5.74, 6) is 0.975. The predicted octanol–water partition coefficient (Wildman–Crippen LogP) is 4.15. The van der Waals surface area contributed by atoms with Gasteiger partial charge in [0.2, 0.25) is 11.6 Å². The van der Waals surface area contributed by atoms with E-state index in [9.17, 15) is 4.79 Å². The molecule has 0 amide bonds. The third-order valence-corrected chi connectivity index (χ3v) is 4.13. The Morgan fingerprint density at radius 3 is 2.35 bits per heavy atom. The van der Waals surface area contributed by atoms with Gasteiger partial charge in [-0.25, -0.2) is 9.66 Å². The zero-order valence-electron chi connectivity index (χ0n) is 14.2. The van der Waals surface area contributed by atoms with Gasteiger partial charge in [-0.3, -0.25) is 10.2 Å². The molecule has 128 valence electrons. The van der Waals surface area contributed by atoms with Crippen molar-refractivity contribution in [1.82, 2.24) is 9.66 Å². The van der Waals surface area contributed by atoms with Crippen LogP contribution in [-0.4, -0.2) is 22.6 Å². The highest BCUT2D eigenvalue weighted by Gasteiger charge is 2.19. The van der Waals surface area contributed by atoms with Gasteiger partial charge in [0.25, 0.3) is 0 Å². The Bertz CT molecular complexity index is 1050. The maximum atomic E-state index is 13.0. The lowest BCUT2D eigenvalue weighted by atomic mass is 10.1. The molecule has 0 aliphatic heterocycles. The number of carbonyl (C=O) groups is 1. The molecule has 0 aliphatic carbocycles. The molecule has 0 unspecified atom stereocenters. The Morgan fingerprint density at radius 1 is 0.923 bits per heavy atom. The molecule has 0 spiro atoms. The average Bonchev–Trinajstić information content (AvgIpc) is 3.07. The number of fused-ring (bicyclic) bond motifs is 1. The van der Waals surface area contributed by atoms with E-state index < -0.39 is 0 Å². The lowest BCUT2D eigenvalue weighted by Crippen LogP contribution is -2.17. The summed E-state index contributed by atoms with van der Waals surface area (Å²) in [5.41, 5.74) is 6.30. The Kier molecular flexibility index (Phi) is 4.11. The number of benzene rings is 3. The summed E-state index contributed by atoms with van der Waals surface area (Å²) in [5, 5.41) is 0. The Balaban J connectivity index is 1.80. The first-order chi connectivity index (χ1) is 12.8. The van der Waals surface area contributed by atoms with Crippen molar-refractivity contribution in [2.45, 2.75) is 0 Å². The number of hydrogen-bond acceptors (Lipinski definition) is 4. The highest BCUT2D eigenvalue weighted by Crippen LogP contribution is 2.21. The quantitative estimate of drug-likeness (QED) is 0.553. The topological polar surface area (TPSA) is 56.1 Å². The van der Waals surface area contributed by atoms with Gasteiger partial charge in [0.05, 0.1) is 23.8 Å². The highest BCUT2D eigenvalue weighted by atomic mass is 16.5. The number of imidazole rings is 1. The minimum absolute atomic E-state index is 0.136. The molecule has 1 heterocycles. The molecule has 4 rings (SSSR count). The van der Waals surface area contributed by atoms with Crippen LogP contribution >= 0.6 is 0 Å². The Hall–Kier alpha value is -3.60. The summed E-state index contributed by atoms with van der Waals surface area (Å²) in [6.45, 7) is 0. The van der Waals surface area contributed by atoms with Crippen molar-refractivity contribution in [2.75, 3.05) is 12.5 Å². The van der Waals surface area contributed by atoms with Crippen LogP contribution in [-0.2, 0) is 0 Å². The molecule has 0 bridgehead atoms. The number of aromatic nitrogens is 2. The Morgan fingerprint density at radius 2 is 1.62 bits per heavy atom. The van der Waals surface area contributed by atoms with Crippen molar-refractivity contribution in [3.05, 3.63) is 90.3 Å². The molecule has 0 saturated carbocycles. The van der Waals surface area contributed by atoms with Crippen molar-refractivity contribution in [1.29, 1.82) is 0 Å². The number of nitrogens with one attached hydrogen (secondary N) is 1. The standard InChI is InChI=1S/C21H17N3O2/c1-26-17-13-11-16(12-14-17)23-24-19-10-6-5-9-18(19)22-21(24)20(25)15-7-3-2-4-8-15/h2-14,23H,1H3. The van der Waals surface area contributed by atoms with Crippen molar-refractivity contribution in [2.24, 2.45) is 0 Å². The highest BCUT2D eigenvalue weighted by molar-refractivity contribution is 6.08. The van der Waals surface area contributed by atoms with Gasteiger partial charge in [-0.2, -0.15) is 0 Å². The second-order valence-corrected chi connectivity index (χ2v) is 5.79. The van der Waals surface area contributed by atoms with E-state index in [0.29, 0.717) is 11.4 Å². The van der Waals surface area contributed by atoms with Gasteiger partial charge >= 0.3 is 0 Å². The summed E-state index contributed by atoms with van der Waals surface area (Å²) in [4.78, 5) is 17.5. The van der Waals surface area contributed by atoms with Crippen molar-refractivity contribution in [3.8, 4) is 5.75 Å². The average molecular weight is 343 g/mol. The van der Waals surface area contributed by atoms with E-state index in [1.54, 1.807) is 23.9 Å². The third-order valence-electron chi connectivity index (χ3n) is 4.13. The van der Waals surface area contributed by atoms with Crippen LogP contribution in [0.2, 0.25) is 0 Å². The zero-order chi connectivity index (χ0) is 17.9. The fourth-order valence-electron chi connectivity index (χ4n) is 2.80. The van der Waals surface area contributed by atoms with Crippen LogP contribution in [0.1, 0.15) is 16.2 Å². The van der Waals surface area contributed by atoms with Crippen LogP contribution in [0, 0.1) is 0 Å². The largest absolute Gasteiger partial charge is 0.497 e. The molecule has 0 saturated heterocycles. The lowest BCUT2D eigenvalue weighted by Gasteiger charge is -2.12. The first kappa shape index (κ1) is 15.9. The van der Waals surface area contributed by atoms with E-state index in [4.69, 9.17) is 4.74 Å². The lowest BCUT2D eigenvalue weighted by molar-refractivity contribution is 0.102. The molecule has 1 N–H and O–H groups in total. The normalized spacial score (nSPS) is 10.7. The molecular formula is C21H17N3O2. The fraction of sp³-hybridized carbons (Fsp3) is 0.0476. The first-order valence-electron chi connectivity index (χ1n) is 8.24. The van der Waals surface area contributed by atoms with Crippen molar-refractivity contribution >= 4 is 22.5 Å². The molecule has 0 radical (unpaired) electrons. The number of hydrogen-bond donors (Lipinski definition) is 1. The summed E-state index contributed by atoms with van der Waals surface area (Å²) in [6.07, 6.45) is 0. The third kappa shape index (κ3) is 2.91. The van der Waals surface area contributed by atoms with E-state index >= 15 is 0 Å². The zero-order valence-corrected chi connectivity index (χ0v) is 14.2. The van der Waals surface area contributed by atoms with Gasteiger partial charge in [-0.05, 0) is 36.4 Å². The smallest absolute Gasteiger partial charge is 0.230 e. The maximum Gasteiger partial charge on any atom is 0.230 e. The number of rotatable bonds is 5. The summed E-state index contributed by atoms with van der Waals surface area (Å²) in [6, 6.07) is 24.3. The van der Waals surface area contributed by atoms with Gasteiger partial charge in [0.15, 0.2) is 0 Å². The number of para-hydroxylation sites is 2. The van der Waals surface area contributed by atoms with Crippen LogP contribution in [0.4, 0.5) is 5.69 Å². The summed E-state index contributed by atoms with van der Waals surface area (Å²) >= 11 is 0. The second-order valence-electron chi connectivity index (χ2n) is 5.79. The Labute approximate surface area is 150 Å². The number of carbonyl (C=O) groups excluding carboxylic acids is 1.